The summed E-state index contributed by atoms with van der Waals surface area (Å²) in [6.07, 6.45) is 5.99. The van der Waals surface area contributed by atoms with E-state index in [-0.39, 0.29) is 12.2 Å². The molecule has 0 amide bonds. The predicted molar refractivity (Wildman–Crippen MR) is 87.6 cm³/mol. The third-order valence-corrected chi connectivity index (χ3v) is 5.33. The molecule has 0 N–H and O–H groups in total. The van der Waals surface area contributed by atoms with Crippen LogP contribution in [0.2, 0.25) is 0 Å². The number of hydrogen-bond acceptors (Lipinski definition) is 7. The molecule has 0 saturated carbocycles. The highest BCUT2D eigenvalue weighted by atomic mass is 32.1. The normalized spacial score (nSPS) is 27.2. The third kappa shape index (κ3) is 3.08. The Balaban J connectivity index is 1.49. The van der Waals surface area contributed by atoms with Gasteiger partial charge in [-0.3, -0.25) is 4.98 Å². The minimum absolute atomic E-state index is 0.0673. The first kappa shape index (κ1) is 15.0. The van der Waals surface area contributed by atoms with Crippen molar-refractivity contribution in [3.63, 3.8) is 0 Å². The lowest BCUT2D eigenvalue weighted by Crippen LogP contribution is -2.42. The maximum absolute atomic E-state index is 6.18. The Labute approximate surface area is 139 Å². The predicted octanol–water partition coefficient (Wildman–Crippen LogP) is 2.19. The number of rotatable bonds is 4. The van der Waals surface area contributed by atoms with Crippen LogP contribution in [-0.2, 0) is 16.1 Å². The summed E-state index contributed by atoms with van der Waals surface area (Å²) in [5.74, 6) is 0. The lowest BCUT2D eigenvalue weighted by Gasteiger charge is -2.31. The molecule has 0 unspecified atom stereocenters. The highest BCUT2D eigenvalue weighted by molar-refractivity contribution is 7.15. The van der Waals surface area contributed by atoms with Crippen molar-refractivity contribution in [1.29, 1.82) is 0 Å². The molecule has 4 heterocycles. The van der Waals surface area contributed by atoms with Gasteiger partial charge in [-0.25, -0.2) is 0 Å². The minimum Gasteiger partial charge on any atom is -0.373 e. The Bertz CT molecular complexity index is 651. The van der Waals surface area contributed by atoms with Crippen molar-refractivity contribution >= 4 is 16.5 Å². The molecule has 3 atom stereocenters. The second-order valence-electron chi connectivity index (χ2n) is 6.01. The van der Waals surface area contributed by atoms with Crippen LogP contribution in [0, 0.1) is 6.92 Å². The summed E-state index contributed by atoms with van der Waals surface area (Å²) in [4.78, 5) is 6.37. The van der Waals surface area contributed by atoms with Gasteiger partial charge >= 0.3 is 0 Å². The number of ether oxygens (including phenoxy) is 2. The molecule has 2 saturated heterocycles. The summed E-state index contributed by atoms with van der Waals surface area (Å²) < 4.78 is 12.2. The van der Waals surface area contributed by atoms with Gasteiger partial charge in [0.05, 0.1) is 12.6 Å². The zero-order chi connectivity index (χ0) is 15.6. The van der Waals surface area contributed by atoms with E-state index in [0.717, 1.165) is 41.7 Å². The van der Waals surface area contributed by atoms with Crippen LogP contribution in [0.3, 0.4) is 0 Å². The molecule has 0 aromatic carbocycles. The number of hydrogen-bond donors (Lipinski definition) is 0. The molecule has 122 valence electrons. The first-order valence-corrected chi connectivity index (χ1v) is 8.82. The monoisotopic (exact) mass is 332 g/mol. The van der Waals surface area contributed by atoms with Crippen LogP contribution >= 0.6 is 11.3 Å². The van der Waals surface area contributed by atoms with E-state index < -0.39 is 0 Å². The Morgan fingerprint density at radius 1 is 1.35 bits per heavy atom. The Morgan fingerprint density at radius 3 is 3.00 bits per heavy atom. The lowest BCUT2D eigenvalue weighted by molar-refractivity contribution is -0.0784. The van der Waals surface area contributed by atoms with E-state index in [1.807, 2.05) is 19.1 Å². The summed E-state index contributed by atoms with van der Waals surface area (Å²) in [5, 5.41) is 10.5. The van der Waals surface area contributed by atoms with Gasteiger partial charge in [-0.15, -0.1) is 10.2 Å². The van der Waals surface area contributed by atoms with E-state index in [4.69, 9.17) is 9.47 Å². The Morgan fingerprint density at radius 2 is 2.22 bits per heavy atom. The van der Waals surface area contributed by atoms with Crippen molar-refractivity contribution in [3.8, 4) is 0 Å². The maximum Gasteiger partial charge on any atom is 0.208 e. The van der Waals surface area contributed by atoms with Crippen molar-refractivity contribution in [1.82, 2.24) is 15.2 Å². The number of anilines is 1. The quantitative estimate of drug-likeness (QED) is 0.855. The number of pyridine rings is 1. The molecule has 0 bridgehead atoms. The lowest BCUT2D eigenvalue weighted by atomic mass is 10.0. The largest absolute Gasteiger partial charge is 0.373 e. The van der Waals surface area contributed by atoms with Gasteiger partial charge < -0.3 is 14.4 Å². The van der Waals surface area contributed by atoms with Crippen LogP contribution in [0.15, 0.2) is 24.5 Å². The number of fused-ring (bicyclic) bond motifs is 1. The fraction of sp³-hybridized carbons (Fsp3) is 0.562. The van der Waals surface area contributed by atoms with Crippen molar-refractivity contribution in [3.05, 3.63) is 35.1 Å². The fourth-order valence-electron chi connectivity index (χ4n) is 3.36. The van der Waals surface area contributed by atoms with Gasteiger partial charge in [0, 0.05) is 25.5 Å². The molecule has 7 heteroatoms. The molecule has 2 aliphatic heterocycles. The van der Waals surface area contributed by atoms with E-state index in [9.17, 15) is 0 Å². The van der Waals surface area contributed by atoms with Gasteiger partial charge in [0.1, 0.15) is 17.2 Å². The molecule has 4 rings (SSSR count). The average molecular weight is 332 g/mol. The smallest absolute Gasteiger partial charge is 0.208 e. The average Bonchev–Trinajstić information content (AvgIpc) is 3.18. The molecule has 2 aromatic heterocycles. The van der Waals surface area contributed by atoms with Gasteiger partial charge in [0.2, 0.25) is 5.13 Å². The van der Waals surface area contributed by atoms with Crippen LogP contribution in [0.5, 0.6) is 0 Å². The molecule has 2 aliphatic rings. The van der Waals surface area contributed by atoms with E-state index in [0.29, 0.717) is 12.6 Å². The van der Waals surface area contributed by atoms with E-state index in [1.165, 1.54) is 0 Å². The molecule has 23 heavy (non-hydrogen) atoms. The van der Waals surface area contributed by atoms with Gasteiger partial charge in [-0.2, -0.15) is 0 Å². The molecular formula is C16H20N4O2S. The number of aromatic nitrogens is 3. The van der Waals surface area contributed by atoms with Crippen molar-refractivity contribution in [2.45, 2.75) is 44.6 Å². The summed E-state index contributed by atoms with van der Waals surface area (Å²) in [5.41, 5.74) is 1.14. The highest BCUT2D eigenvalue weighted by Gasteiger charge is 2.45. The Kier molecular flexibility index (Phi) is 4.24. The highest BCUT2D eigenvalue weighted by Crippen LogP contribution is 2.35. The second kappa shape index (κ2) is 6.51. The molecule has 2 fully saturated rings. The van der Waals surface area contributed by atoms with Crippen molar-refractivity contribution < 1.29 is 9.47 Å². The number of aryl methyl sites for hydroxylation is 1. The molecule has 2 aromatic rings. The topological polar surface area (TPSA) is 60.4 Å². The summed E-state index contributed by atoms with van der Waals surface area (Å²) in [6, 6.07) is 4.32. The molecule has 0 aliphatic carbocycles. The van der Waals surface area contributed by atoms with Crippen LogP contribution in [0.4, 0.5) is 5.13 Å². The van der Waals surface area contributed by atoms with Gasteiger partial charge in [-0.1, -0.05) is 11.3 Å². The van der Waals surface area contributed by atoms with Crippen LogP contribution in [0.1, 0.15) is 23.4 Å². The van der Waals surface area contributed by atoms with Crippen LogP contribution < -0.4 is 4.90 Å². The summed E-state index contributed by atoms with van der Waals surface area (Å²) in [7, 11) is 0. The maximum atomic E-state index is 6.18. The summed E-state index contributed by atoms with van der Waals surface area (Å²) in [6.45, 7) is 4.21. The zero-order valence-electron chi connectivity index (χ0n) is 13.1. The standard InChI is InChI=1S/C16H20N4O2S/c1-11-18-19-16(23-11)20-9-14(15-13(20)3-2-8-21-15)22-10-12-4-6-17-7-5-12/h4-7,13-15H,2-3,8-10H2,1H3/t13-,14+,15+/m1/s1. The molecule has 0 spiro atoms. The molecule has 6 nitrogen and oxygen atoms in total. The van der Waals surface area contributed by atoms with Gasteiger partial charge in [0.25, 0.3) is 0 Å². The zero-order valence-corrected chi connectivity index (χ0v) is 13.9. The number of nitrogens with zero attached hydrogens (tertiary/aromatic N) is 4. The fourth-order valence-corrected chi connectivity index (χ4v) is 4.12. The third-order valence-electron chi connectivity index (χ3n) is 4.45. The van der Waals surface area contributed by atoms with Crippen molar-refractivity contribution in [2.75, 3.05) is 18.1 Å². The van der Waals surface area contributed by atoms with E-state index in [1.54, 1.807) is 23.7 Å². The van der Waals surface area contributed by atoms with Gasteiger partial charge in [0.15, 0.2) is 0 Å². The first-order chi connectivity index (χ1) is 11.3. The van der Waals surface area contributed by atoms with Crippen LogP contribution in [0.25, 0.3) is 0 Å². The second-order valence-corrected chi connectivity index (χ2v) is 7.17. The van der Waals surface area contributed by atoms with Crippen LogP contribution in [-0.4, -0.2) is 46.6 Å². The SMILES string of the molecule is Cc1nnc(N2C[C@H](OCc3ccncc3)[C@H]3OCCC[C@H]32)s1. The summed E-state index contributed by atoms with van der Waals surface area (Å²) >= 11 is 1.64. The van der Waals surface area contributed by atoms with Crippen molar-refractivity contribution in [2.24, 2.45) is 0 Å². The molecular weight excluding hydrogens is 312 g/mol. The first-order valence-electron chi connectivity index (χ1n) is 8.00. The van der Waals surface area contributed by atoms with Gasteiger partial charge in [-0.05, 0) is 37.5 Å². The van der Waals surface area contributed by atoms with E-state index >= 15 is 0 Å². The Hall–Kier alpha value is -1.57. The van der Waals surface area contributed by atoms with E-state index in [2.05, 4.69) is 20.1 Å². The minimum atomic E-state index is 0.0673. The molecule has 0 radical (unpaired) electrons.